The minimum absolute atomic E-state index is 0.0114. The molecule has 2 aromatic carbocycles. The largest absolute Gasteiger partial charge is 0.376 e. The van der Waals surface area contributed by atoms with E-state index in [-0.39, 0.29) is 24.0 Å². The Morgan fingerprint density at radius 2 is 1.52 bits per heavy atom. The van der Waals surface area contributed by atoms with Crippen molar-refractivity contribution >= 4 is 0 Å². The minimum atomic E-state index is -0.567. The third-order valence-corrected chi connectivity index (χ3v) is 6.05. The molecule has 4 nitrogen and oxygen atoms in total. The van der Waals surface area contributed by atoms with Gasteiger partial charge in [0, 0.05) is 17.8 Å². The molecule has 0 radical (unpaired) electrons. The Morgan fingerprint density at radius 1 is 0.935 bits per heavy atom. The molecule has 0 spiro atoms. The van der Waals surface area contributed by atoms with E-state index in [1.807, 2.05) is 38.1 Å². The molecule has 0 bridgehead atoms. The van der Waals surface area contributed by atoms with Gasteiger partial charge >= 0.3 is 0 Å². The van der Waals surface area contributed by atoms with Gasteiger partial charge in [-0.05, 0) is 25.0 Å². The lowest BCUT2D eigenvalue weighted by Crippen LogP contribution is -2.51. The van der Waals surface area contributed by atoms with Gasteiger partial charge in [-0.15, -0.1) is 0 Å². The standard InChI is InChI=1S/C27H38O4/c1-20(16-28-18-23-12-8-6-9-13-23)25(29-19-24-14-10-7-11-15-24)22(3)26-21(2)17-30-27(4,5)31-26/h6-15,20-22,25-26H,16-19H2,1-5H3/t20-,21-,22-,25-,26-/m0/s1. The van der Waals surface area contributed by atoms with Gasteiger partial charge in [-0.25, -0.2) is 0 Å². The van der Waals surface area contributed by atoms with Crippen molar-refractivity contribution in [3.05, 3.63) is 71.8 Å². The summed E-state index contributed by atoms with van der Waals surface area (Å²) in [5.74, 6) is 0.173. The molecule has 0 saturated carbocycles. The van der Waals surface area contributed by atoms with Gasteiger partial charge in [0.2, 0.25) is 0 Å². The average molecular weight is 427 g/mol. The molecule has 170 valence electrons. The van der Waals surface area contributed by atoms with E-state index in [0.29, 0.717) is 32.3 Å². The van der Waals surface area contributed by atoms with Crippen LogP contribution in [0.4, 0.5) is 0 Å². The molecular formula is C27H38O4. The maximum Gasteiger partial charge on any atom is 0.163 e. The highest BCUT2D eigenvalue weighted by molar-refractivity contribution is 5.14. The highest BCUT2D eigenvalue weighted by Gasteiger charge is 2.41. The maximum atomic E-state index is 6.52. The van der Waals surface area contributed by atoms with Crippen molar-refractivity contribution in [2.75, 3.05) is 13.2 Å². The lowest BCUT2D eigenvalue weighted by Gasteiger charge is -2.45. The molecule has 1 fully saturated rings. The highest BCUT2D eigenvalue weighted by Crippen LogP contribution is 2.34. The van der Waals surface area contributed by atoms with E-state index in [4.69, 9.17) is 18.9 Å². The van der Waals surface area contributed by atoms with E-state index in [1.165, 1.54) is 11.1 Å². The summed E-state index contributed by atoms with van der Waals surface area (Å²) < 4.78 is 24.8. The molecule has 0 aliphatic carbocycles. The molecule has 2 aromatic rings. The van der Waals surface area contributed by atoms with Crippen molar-refractivity contribution < 1.29 is 18.9 Å². The van der Waals surface area contributed by atoms with E-state index < -0.39 is 5.79 Å². The fraction of sp³-hybridized carbons (Fsp3) is 0.556. The van der Waals surface area contributed by atoms with Gasteiger partial charge in [-0.2, -0.15) is 0 Å². The lowest BCUT2D eigenvalue weighted by atomic mass is 9.83. The van der Waals surface area contributed by atoms with Gasteiger partial charge < -0.3 is 18.9 Å². The first-order valence-electron chi connectivity index (χ1n) is 11.4. The van der Waals surface area contributed by atoms with Crippen LogP contribution in [0.3, 0.4) is 0 Å². The summed E-state index contributed by atoms with van der Waals surface area (Å²) >= 11 is 0. The zero-order valence-electron chi connectivity index (χ0n) is 19.6. The Labute approximate surface area is 187 Å². The van der Waals surface area contributed by atoms with Crippen LogP contribution in [0.1, 0.15) is 45.7 Å². The van der Waals surface area contributed by atoms with Crippen molar-refractivity contribution in [3.63, 3.8) is 0 Å². The van der Waals surface area contributed by atoms with Crippen LogP contribution in [0.25, 0.3) is 0 Å². The Morgan fingerprint density at radius 3 is 2.13 bits per heavy atom. The summed E-state index contributed by atoms with van der Waals surface area (Å²) in [6, 6.07) is 20.6. The first-order chi connectivity index (χ1) is 14.9. The number of hydrogen-bond donors (Lipinski definition) is 0. The number of hydrogen-bond acceptors (Lipinski definition) is 4. The molecule has 0 amide bonds. The molecule has 1 aliphatic rings. The number of benzene rings is 2. The summed E-state index contributed by atoms with van der Waals surface area (Å²) in [5.41, 5.74) is 2.37. The number of rotatable bonds is 10. The monoisotopic (exact) mass is 426 g/mol. The third kappa shape index (κ3) is 7.15. The second kappa shape index (κ2) is 11.2. The summed E-state index contributed by atoms with van der Waals surface area (Å²) in [7, 11) is 0. The van der Waals surface area contributed by atoms with Crippen molar-refractivity contribution in [2.45, 2.75) is 65.8 Å². The quantitative estimate of drug-likeness (QED) is 0.478. The van der Waals surface area contributed by atoms with E-state index in [0.717, 1.165) is 0 Å². The zero-order chi connectivity index (χ0) is 22.3. The second-order valence-corrected chi connectivity index (χ2v) is 9.37. The molecular weight excluding hydrogens is 388 g/mol. The van der Waals surface area contributed by atoms with E-state index in [1.54, 1.807) is 0 Å². The Balaban J connectivity index is 1.66. The van der Waals surface area contributed by atoms with Gasteiger partial charge in [-0.1, -0.05) is 81.4 Å². The van der Waals surface area contributed by atoms with Gasteiger partial charge in [0.1, 0.15) is 0 Å². The zero-order valence-corrected chi connectivity index (χ0v) is 19.6. The van der Waals surface area contributed by atoms with Crippen LogP contribution in [-0.4, -0.2) is 31.2 Å². The molecule has 1 heterocycles. The summed E-state index contributed by atoms with van der Waals surface area (Å²) in [6.07, 6.45) is 0.0819. The third-order valence-electron chi connectivity index (χ3n) is 6.05. The number of ether oxygens (including phenoxy) is 4. The molecule has 0 unspecified atom stereocenters. The van der Waals surface area contributed by atoms with Crippen LogP contribution in [-0.2, 0) is 32.2 Å². The normalized spacial score (nSPS) is 23.8. The van der Waals surface area contributed by atoms with Gasteiger partial charge in [0.05, 0.1) is 38.6 Å². The summed E-state index contributed by atoms with van der Waals surface area (Å²) in [6.45, 7) is 13.2. The fourth-order valence-corrected chi connectivity index (χ4v) is 4.35. The van der Waals surface area contributed by atoms with Gasteiger partial charge in [0.25, 0.3) is 0 Å². The van der Waals surface area contributed by atoms with E-state index >= 15 is 0 Å². The van der Waals surface area contributed by atoms with Crippen molar-refractivity contribution in [1.82, 2.24) is 0 Å². The van der Waals surface area contributed by atoms with Crippen LogP contribution >= 0.6 is 0 Å². The molecule has 5 atom stereocenters. The van der Waals surface area contributed by atoms with Crippen LogP contribution < -0.4 is 0 Å². The van der Waals surface area contributed by atoms with Crippen LogP contribution in [0.2, 0.25) is 0 Å². The molecule has 4 heteroatoms. The first kappa shape index (κ1) is 23.9. The molecule has 0 aromatic heterocycles. The minimum Gasteiger partial charge on any atom is -0.376 e. The smallest absolute Gasteiger partial charge is 0.163 e. The first-order valence-corrected chi connectivity index (χ1v) is 11.4. The van der Waals surface area contributed by atoms with Crippen molar-refractivity contribution in [3.8, 4) is 0 Å². The average Bonchev–Trinajstić information content (AvgIpc) is 2.77. The van der Waals surface area contributed by atoms with Gasteiger partial charge in [-0.3, -0.25) is 0 Å². The van der Waals surface area contributed by atoms with Crippen LogP contribution in [0.5, 0.6) is 0 Å². The summed E-state index contributed by atoms with van der Waals surface area (Å²) in [5, 5.41) is 0. The Kier molecular flexibility index (Phi) is 8.67. The lowest BCUT2D eigenvalue weighted by molar-refractivity contribution is -0.306. The van der Waals surface area contributed by atoms with E-state index in [2.05, 4.69) is 57.2 Å². The Bertz CT molecular complexity index is 761. The fourth-order valence-electron chi connectivity index (χ4n) is 4.35. The molecule has 0 N–H and O–H groups in total. The summed E-state index contributed by atoms with van der Waals surface area (Å²) in [4.78, 5) is 0. The van der Waals surface area contributed by atoms with Crippen molar-refractivity contribution in [2.24, 2.45) is 17.8 Å². The Hall–Kier alpha value is -1.72. The second-order valence-electron chi connectivity index (χ2n) is 9.37. The van der Waals surface area contributed by atoms with Crippen LogP contribution in [0.15, 0.2) is 60.7 Å². The van der Waals surface area contributed by atoms with E-state index in [9.17, 15) is 0 Å². The predicted octanol–water partition coefficient (Wildman–Crippen LogP) is 5.85. The molecule has 1 saturated heterocycles. The predicted molar refractivity (Wildman–Crippen MR) is 124 cm³/mol. The molecule has 1 aliphatic heterocycles. The van der Waals surface area contributed by atoms with Gasteiger partial charge in [0.15, 0.2) is 5.79 Å². The topological polar surface area (TPSA) is 36.9 Å². The maximum absolute atomic E-state index is 6.52. The van der Waals surface area contributed by atoms with Crippen molar-refractivity contribution in [1.29, 1.82) is 0 Å². The van der Waals surface area contributed by atoms with Crippen LogP contribution in [0, 0.1) is 17.8 Å². The highest BCUT2D eigenvalue weighted by atomic mass is 16.7. The molecule has 31 heavy (non-hydrogen) atoms. The molecule has 3 rings (SSSR count). The SMILES string of the molecule is C[C@@H]([C@@H](OCc1ccccc1)[C@@H](C)COCc1ccccc1)[C@H]1OC(C)(C)OC[C@@H]1C.